The molecule has 0 aromatic carbocycles. The maximum absolute atomic E-state index is 12.2. The Morgan fingerprint density at radius 2 is 2.05 bits per heavy atom. The molecule has 0 radical (unpaired) electrons. The number of hydrogen-bond donors (Lipinski definition) is 2. The summed E-state index contributed by atoms with van der Waals surface area (Å²) in [6.45, 7) is 0. The van der Waals surface area contributed by atoms with Gasteiger partial charge in [0.15, 0.2) is 15.5 Å². The number of fused-ring (bicyclic) bond motifs is 1. The van der Waals surface area contributed by atoms with Gasteiger partial charge in [0.1, 0.15) is 0 Å². The molecule has 1 fully saturated rings. The monoisotopic (exact) mass is 283 g/mol. The van der Waals surface area contributed by atoms with Crippen molar-refractivity contribution in [3.05, 3.63) is 17.0 Å². The first-order valence-corrected chi connectivity index (χ1v) is 8.45. The summed E-state index contributed by atoms with van der Waals surface area (Å²) in [5.74, 6) is -0.195. The predicted octanol–water partition coefficient (Wildman–Crippen LogP) is 0.553. The summed E-state index contributed by atoms with van der Waals surface area (Å²) in [4.78, 5) is 12.2. The molecule has 1 aliphatic heterocycles. The van der Waals surface area contributed by atoms with E-state index in [-0.39, 0.29) is 29.1 Å². The summed E-state index contributed by atoms with van der Waals surface area (Å²) in [5, 5.41) is 9.74. The SMILES string of the molecule is O=C(NC1CCCC1)c1n[nH]c2c1CS(=O)(=O)CC2. The van der Waals surface area contributed by atoms with Crippen molar-refractivity contribution >= 4 is 15.7 Å². The molecule has 1 saturated carbocycles. The van der Waals surface area contributed by atoms with Crippen LogP contribution in [0.3, 0.4) is 0 Å². The number of nitrogens with one attached hydrogen (secondary N) is 2. The van der Waals surface area contributed by atoms with Crippen LogP contribution in [0.1, 0.15) is 47.4 Å². The molecule has 2 heterocycles. The van der Waals surface area contributed by atoms with E-state index in [1.165, 1.54) is 0 Å². The summed E-state index contributed by atoms with van der Waals surface area (Å²) in [5.41, 5.74) is 1.60. The van der Waals surface area contributed by atoms with Gasteiger partial charge in [-0.2, -0.15) is 5.10 Å². The van der Waals surface area contributed by atoms with E-state index in [2.05, 4.69) is 15.5 Å². The molecule has 0 atom stereocenters. The van der Waals surface area contributed by atoms with Gasteiger partial charge >= 0.3 is 0 Å². The average Bonchev–Trinajstić information content (AvgIpc) is 2.96. The fourth-order valence-electron chi connectivity index (χ4n) is 2.82. The lowest BCUT2D eigenvalue weighted by atomic mass is 10.1. The highest BCUT2D eigenvalue weighted by molar-refractivity contribution is 7.90. The van der Waals surface area contributed by atoms with Crippen molar-refractivity contribution < 1.29 is 13.2 Å². The number of carbonyl (C=O) groups excluding carboxylic acids is 1. The molecule has 1 aromatic rings. The smallest absolute Gasteiger partial charge is 0.272 e. The lowest BCUT2D eigenvalue weighted by molar-refractivity contribution is 0.0932. The van der Waals surface area contributed by atoms with E-state index in [1.807, 2.05) is 0 Å². The number of aromatic amines is 1. The van der Waals surface area contributed by atoms with Crippen LogP contribution in [0.15, 0.2) is 0 Å². The predicted molar refractivity (Wildman–Crippen MR) is 69.5 cm³/mol. The minimum atomic E-state index is -3.09. The normalized spacial score (nSPS) is 22.1. The van der Waals surface area contributed by atoms with Crippen molar-refractivity contribution in [2.75, 3.05) is 5.75 Å². The number of amides is 1. The van der Waals surface area contributed by atoms with Crippen molar-refractivity contribution in [3.63, 3.8) is 0 Å². The Balaban J connectivity index is 1.82. The first-order valence-electron chi connectivity index (χ1n) is 6.62. The molecule has 0 unspecified atom stereocenters. The zero-order valence-electron chi connectivity index (χ0n) is 10.6. The van der Waals surface area contributed by atoms with E-state index < -0.39 is 9.84 Å². The van der Waals surface area contributed by atoms with E-state index in [0.29, 0.717) is 12.0 Å². The zero-order chi connectivity index (χ0) is 13.5. The third-order valence-electron chi connectivity index (χ3n) is 3.89. The van der Waals surface area contributed by atoms with Crippen LogP contribution in [0.4, 0.5) is 0 Å². The molecule has 2 N–H and O–H groups in total. The molecule has 1 aromatic heterocycles. The number of aryl methyl sites for hydroxylation is 1. The maximum atomic E-state index is 12.2. The Labute approximate surface area is 111 Å². The van der Waals surface area contributed by atoms with Crippen LogP contribution in [-0.4, -0.2) is 36.3 Å². The van der Waals surface area contributed by atoms with E-state index in [0.717, 1.165) is 31.4 Å². The topological polar surface area (TPSA) is 91.9 Å². The molecule has 19 heavy (non-hydrogen) atoms. The van der Waals surface area contributed by atoms with E-state index in [9.17, 15) is 13.2 Å². The largest absolute Gasteiger partial charge is 0.348 e. The van der Waals surface area contributed by atoms with Gasteiger partial charge in [-0.3, -0.25) is 9.89 Å². The Kier molecular flexibility index (Phi) is 3.08. The lowest BCUT2D eigenvalue weighted by Crippen LogP contribution is -2.34. The van der Waals surface area contributed by atoms with Gasteiger partial charge in [0.2, 0.25) is 0 Å². The number of carbonyl (C=O) groups is 1. The molecular weight excluding hydrogens is 266 g/mol. The molecule has 3 rings (SSSR count). The second kappa shape index (κ2) is 4.63. The zero-order valence-corrected chi connectivity index (χ0v) is 11.4. The van der Waals surface area contributed by atoms with Gasteiger partial charge in [0.05, 0.1) is 11.5 Å². The Morgan fingerprint density at radius 3 is 2.79 bits per heavy atom. The molecule has 0 saturated heterocycles. The molecule has 6 nitrogen and oxygen atoms in total. The van der Waals surface area contributed by atoms with Crippen molar-refractivity contribution in [1.29, 1.82) is 0 Å². The number of H-pyrrole nitrogens is 1. The summed E-state index contributed by atoms with van der Waals surface area (Å²) in [6, 6.07) is 0.208. The van der Waals surface area contributed by atoms with Crippen LogP contribution in [-0.2, 0) is 22.0 Å². The van der Waals surface area contributed by atoms with Crippen molar-refractivity contribution in [1.82, 2.24) is 15.5 Å². The fraction of sp³-hybridized carbons (Fsp3) is 0.667. The highest BCUT2D eigenvalue weighted by Gasteiger charge is 2.29. The van der Waals surface area contributed by atoms with Crippen molar-refractivity contribution in [2.24, 2.45) is 0 Å². The third-order valence-corrected chi connectivity index (χ3v) is 5.44. The minimum Gasteiger partial charge on any atom is -0.348 e. The second-order valence-electron chi connectivity index (χ2n) is 5.33. The van der Waals surface area contributed by atoms with E-state index in [1.54, 1.807) is 0 Å². The van der Waals surface area contributed by atoms with Crippen molar-refractivity contribution in [2.45, 2.75) is 43.9 Å². The van der Waals surface area contributed by atoms with Crippen LogP contribution >= 0.6 is 0 Å². The summed E-state index contributed by atoms with van der Waals surface area (Å²) < 4.78 is 23.3. The van der Waals surface area contributed by atoms with E-state index >= 15 is 0 Å². The quantitative estimate of drug-likeness (QED) is 0.829. The van der Waals surface area contributed by atoms with Crippen molar-refractivity contribution in [3.8, 4) is 0 Å². The standard InChI is InChI=1S/C12H17N3O3S/c16-12(13-8-3-1-2-4-8)11-9-7-19(17,18)6-5-10(9)14-15-11/h8H,1-7H2,(H,13,16)(H,14,15). The van der Waals surface area contributed by atoms with Crippen LogP contribution < -0.4 is 5.32 Å². The Morgan fingerprint density at radius 1 is 1.32 bits per heavy atom. The second-order valence-corrected chi connectivity index (χ2v) is 7.51. The molecule has 1 aliphatic carbocycles. The molecule has 1 amide bonds. The van der Waals surface area contributed by atoms with Gasteiger partial charge in [-0.1, -0.05) is 12.8 Å². The van der Waals surface area contributed by atoms with Crippen LogP contribution in [0, 0.1) is 0 Å². The molecule has 2 aliphatic rings. The van der Waals surface area contributed by atoms with Gasteiger partial charge in [-0.25, -0.2) is 8.42 Å². The lowest BCUT2D eigenvalue weighted by Gasteiger charge is -2.14. The minimum absolute atomic E-state index is 0.0771. The first kappa shape index (κ1) is 12.7. The van der Waals surface area contributed by atoms with Gasteiger partial charge in [0.25, 0.3) is 5.91 Å². The number of hydrogen-bond acceptors (Lipinski definition) is 4. The fourth-order valence-corrected chi connectivity index (χ4v) is 4.24. The molecule has 7 heteroatoms. The summed E-state index contributed by atoms with van der Waals surface area (Å²) in [6.07, 6.45) is 4.69. The summed E-state index contributed by atoms with van der Waals surface area (Å²) in [7, 11) is -3.09. The number of aromatic nitrogens is 2. The average molecular weight is 283 g/mol. The number of rotatable bonds is 2. The van der Waals surface area contributed by atoms with E-state index in [4.69, 9.17) is 0 Å². The first-order chi connectivity index (χ1) is 9.05. The number of sulfone groups is 1. The van der Waals surface area contributed by atoms with Gasteiger partial charge in [-0.05, 0) is 12.8 Å². The highest BCUT2D eigenvalue weighted by atomic mass is 32.2. The molecular formula is C12H17N3O3S. The Hall–Kier alpha value is -1.37. The maximum Gasteiger partial charge on any atom is 0.272 e. The van der Waals surface area contributed by atoms with Crippen LogP contribution in [0.25, 0.3) is 0 Å². The molecule has 104 valence electrons. The van der Waals surface area contributed by atoms with Gasteiger partial charge < -0.3 is 5.32 Å². The highest BCUT2D eigenvalue weighted by Crippen LogP contribution is 2.23. The molecule has 0 bridgehead atoms. The number of nitrogens with zero attached hydrogens (tertiary/aromatic N) is 1. The summed E-state index contributed by atoms with van der Waals surface area (Å²) >= 11 is 0. The Bertz CT molecular complexity index is 600. The van der Waals surface area contributed by atoms with Crippen LogP contribution in [0.2, 0.25) is 0 Å². The van der Waals surface area contributed by atoms with Gasteiger partial charge in [-0.15, -0.1) is 0 Å². The molecule has 0 spiro atoms. The van der Waals surface area contributed by atoms with Crippen LogP contribution in [0.5, 0.6) is 0 Å². The third kappa shape index (κ3) is 2.51. The van der Waals surface area contributed by atoms with Gasteiger partial charge in [0, 0.05) is 23.7 Å².